The molecule has 1 N–H and O–H groups in total. The number of ketones is 1. The van der Waals surface area contributed by atoms with Gasteiger partial charge in [-0.15, -0.1) is 0 Å². The van der Waals surface area contributed by atoms with Crippen molar-refractivity contribution in [3.8, 4) is 0 Å². The van der Waals surface area contributed by atoms with Crippen LogP contribution >= 0.6 is 0 Å². The summed E-state index contributed by atoms with van der Waals surface area (Å²) in [5, 5.41) is 10.8. The smallest absolute Gasteiger partial charge is 0.295 e. The van der Waals surface area contributed by atoms with Gasteiger partial charge in [0.05, 0.1) is 11.3 Å². The zero-order valence-corrected chi connectivity index (χ0v) is 15.8. The zero-order valence-electron chi connectivity index (χ0n) is 15.8. The Kier molecular flexibility index (Phi) is 5.84. The minimum Gasteiger partial charge on any atom is -0.507 e. The van der Waals surface area contributed by atoms with Crippen molar-refractivity contribution < 1.29 is 19.1 Å². The van der Waals surface area contributed by atoms with Crippen LogP contribution in [0.15, 0.2) is 54.2 Å². The molecule has 1 atom stereocenters. The highest BCUT2D eigenvalue weighted by molar-refractivity contribution is 6.46. The number of likely N-dealkylation sites (tertiary alicyclic amines) is 1. The van der Waals surface area contributed by atoms with E-state index in [2.05, 4.69) is 4.98 Å². The van der Waals surface area contributed by atoms with Gasteiger partial charge in [0.25, 0.3) is 11.7 Å². The topological polar surface area (TPSA) is 73.7 Å². The molecule has 3 rings (SSSR count). The number of rotatable bonds is 6. The summed E-state index contributed by atoms with van der Waals surface area (Å²) in [4.78, 5) is 33.2. The number of benzene rings is 1. The average molecular weight is 383 g/mol. The van der Waals surface area contributed by atoms with Crippen LogP contribution in [0.3, 0.4) is 0 Å². The highest BCUT2D eigenvalue weighted by Gasteiger charge is 2.46. The number of carbonyl (C=O) groups is 2. The normalized spacial score (nSPS) is 18.9. The predicted molar refractivity (Wildman–Crippen MR) is 103 cm³/mol. The van der Waals surface area contributed by atoms with Crippen LogP contribution in [-0.2, 0) is 9.59 Å². The predicted octanol–water partition coefficient (Wildman–Crippen LogP) is 2.59. The molecule has 1 unspecified atom stereocenters. The molecular weight excluding hydrogens is 361 g/mol. The Morgan fingerprint density at radius 3 is 2.50 bits per heavy atom. The second-order valence-corrected chi connectivity index (χ2v) is 6.91. The van der Waals surface area contributed by atoms with Gasteiger partial charge in [0.1, 0.15) is 17.6 Å². The van der Waals surface area contributed by atoms with Crippen LogP contribution in [-0.4, -0.2) is 58.8 Å². The molecule has 1 aromatic carbocycles. The van der Waals surface area contributed by atoms with Crippen molar-refractivity contribution >= 4 is 17.4 Å². The molecule has 7 heteroatoms. The Morgan fingerprint density at radius 2 is 1.89 bits per heavy atom. The number of aromatic nitrogens is 1. The molecule has 28 heavy (non-hydrogen) atoms. The summed E-state index contributed by atoms with van der Waals surface area (Å²) >= 11 is 0. The van der Waals surface area contributed by atoms with Gasteiger partial charge in [0.2, 0.25) is 0 Å². The highest BCUT2D eigenvalue weighted by atomic mass is 19.1. The molecule has 2 heterocycles. The lowest BCUT2D eigenvalue weighted by atomic mass is 9.98. The van der Waals surface area contributed by atoms with Gasteiger partial charge in [-0.3, -0.25) is 14.6 Å². The van der Waals surface area contributed by atoms with Gasteiger partial charge >= 0.3 is 0 Å². The third-order valence-electron chi connectivity index (χ3n) is 4.63. The minimum atomic E-state index is -0.784. The fourth-order valence-electron chi connectivity index (χ4n) is 3.28. The summed E-state index contributed by atoms with van der Waals surface area (Å²) in [7, 11) is 3.86. The van der Waals surface area contributed by atoms with Gasteiger partial charge in [-0.25, -0.2) is 4.39 Å². The average Bonchev–Trinajstić information content (AvgIpc) is 2.93. The van der Waals surface area contributed by atoms with Crippen molar-refractivity contribution in [2.45, 2.75) is 12.5 Å². The molecular formula is C21H22FN3O3. The Bertz CT molecular complexity index is 895. The van der Waals surface area contributed by atoms with Crippen LogP contribution in [0.2, 0.25) is 0 Å². The summed E-state index contributed by atoms with van der Waals surface area (Å²) in [6.07, 6.45) is 2.24. The second-order valence-electron chi connectivity index (χ2n) is 6.91. The zero-order chi connectivity index (χ0) is 20.3. The van der Waals surface area contributed by atoms with E-state index in [1.165, 1.54) is 29.2 Å². The fraction of sp³-hybridized carbons (Fsp3) is 0.286. The molecule has 0 radical (unpaired) electrons. The van der Waals surface area contributed by atoms with Gasteiger partial charge in [-0.05, 0) is 63.5 Å². The Balaban J connectivity index is 2.06. The molecule has 0 spiro atoms. The monoisotopic (exact) mass is 383 g/mol. The highest BCUT2D eigenvalue weighted by Crippen LogP contribution is 2.38. The van der Waals surface area contributed by atoms with Crippen LogP contribution in [0.4, 0.5) is 4.39 Å². The minimum absolute atomic E-state index is 0.0276. The first-order valence-corrected chi connectivity index (χ1v) is 9.00. The number of amides is 1. The van der Waals surface area contributed by atoms with Crippen LogP contribution in [0.25, 0.3) is 5.76 Å². The van der Waals surface area contributed by atoms with Crippen molar-refractivity contribution in [2.75, 3.05) is 27.2 Å². The SMILES string of the molecule is CN(C)CCCN1C(=O)C(=O)/C(=C(/O)c2ccc(F)cc2)C1c1ccccn1. The van der Waals surface area contributed by atoms with Crippen LogP contribution in [0, 0.1) is 5.82 Å². The molecule has 1 aliphatic rings. The lowest BCUT2D eigenvalue weighted by Crippen LogP contribution is -2.32. The molecule has 0 aliphatic carbocycles. The number of Topliss-reactive ketones (excluding diaryl/α,β-unsaturated/α-hetero) is 1. The van der Waals surface area contributed by atoms with Gasteiger partial charge in [-0.1, -0.05) is 6.07 Å². The lowest BCUT2D eigenvalue weighted by Gasteiger charge is -2.25. The first-order chi connectivity index (χ1) is 13.4. The van der Waals surface area contributed by atoms with E-state index >= 15 is 0 Å². The Hall–Kier alpha value is -3.06. The van der Waals surface area contributed by atoms with E-state index in [1.54, 1.807) is 24.4 Å². The number of carbonyl (C=O) groups excluding carboxylic acids is 2. The van der Waals surface area contributed by atoms with E-state index in [4.69, 9.17) is 0 Å². The molecule has 2 aromatic rings. The molecule has 1 fully saturated rings. The molecule has 0 saturated carbocycles. The van der Waals surface area contributed by atoms with Crippen molar-refractivity contribution in [1.82, 2.24) is 14.8 Å². The molecule has 1 amide bonds. The Morgan fingerprint density at radius 1 is 1.18 bits per heavy atom. The lowest BCUT2D eigenvalue weighted by molar-refractivity contribution is -0.140. The standard InChI is InChI=1S/C21H22FN3O3/c1-24(2)12-5-13-25-18(16-6-3-4-11-23-16)17(20(27)21(25)28)19(26)14-7-9-15(22)10-8-14/h3-4,6-11,18,26H,5,12-13H2,1-2H3/b19-17+. The maximum absolute atomic E-state index is 13.2. The van der Waals surface area contributed by atoms with Crippen LogP contribution in [0.1, 0.15) is 23.7 Å². The van der Waals surface area contributed by atoms with Gasteiger partial charge in [0.15, 0.2) is 0 Å². The van der Waals surface area contributed by atoms with Crippen molar-refractivity contribution in [3.05, 3.63) is 71.3 Å². The summed E-state index contributed by atoms with van der Waals surface area (Å²) in [6.45, 7) is 1.10. The van der Waals surface area contributed by atoms with E-state index in [-0.39, 0.29) is 16.9 Å². The molecule has 146 valence electrons. The third kappa shape index (κ3) is 3.94. The van der Waals surface area contributed by atoms with Gasteiger partial charge in [0, 0.05) is 18.3 Å². The maximum Gasteiger partial charge on any atom is 0.295 e. The van der Waals surface area contributed by atoms with Crippen LogP contribution in [0.5, 0.6) is 0 Å². The third-order valence-corrected chi connectivity index (χ3v) is 4.63. The van der Waals surface area contributed by atoms with Gasteiger partial charge < -0.3 is 14.9 Å². The van der Waals surface area contributed by atoms with E-state index < -0.39 is 23.5 Å². The van der Waals surface area contributed by atoms with E-state index in [9.17, 15) is 19.1 Å². The largest absolute Gasteiger partial charge is 0.507 e. The summed E-state index contributed by atoms with van der Waals surface area (Å²) in [6, 6.07) is 9.57. The van der Waals surface area contributed by atoms with Crippen molar-refractivity contribution in [1.29, 1.82) is 0 Å². The molecule has 0 bridgehead atoms. The Labute approximate surface area is 162 Å². The molecule has 6 nitrogen and oxygen atoms in total. The molecule has 1 aromatic heterocycles. The van der Waals surface area contributed by atoms with Gasteiger partial charge in [-0.2, -0.15) is 0 Å². The summed E-state index contributed by atoms with van der Waals surface area (Å²) < 4.78 is 13.2. The second kappa shape index (κ2) is 8.31. The quantitative estimate of drug-likeness (QED) is 0.472. The first-order valence-electron chi connectivity index (χ1n) is 9.00. The van der Waals surface area contributed by atoms with E-state index in [1.807, 2.05) is 19.0 Å². The van der Waals surface area contributed by atoms with E-state index in [0.717, 1.165) is 6.54 Å². The number of aliphatic hydroxyl groups excluding tert-OH is 1. The van der Waals surface area contributed by atoms with Crippen LogP contribution < -0.4 is 0 Å². The van der Waals surface area contributed by atoms with E-state index in [0.29, 0.717) is 18.7 Å². The number of hydrogen-bond donors (Lipinski definition) is 1. The maximum atomic E-state index is 13.2. The fourth-order valence-corrected chi connectivity index (χ4v) is 3.28. The summed E-state index contributed by atoms with van der Waals surface area (Å²) in [5.41, 5.74) is 0.740. The van der Waals surface area contributed by atoms with Crippen molar-refractivity contribution in [2.24, 2.45) is 0 Å². The number of aliphatic hydroxyl groups is 1. The number of halogens is 1. The molecule has 1 saturated heterocycles. The van der Waals surface area contributed by atoms with Crippen molar-refractivity contribution in [3.63, 3.8) is 0 Å². The number of nitrogens with zero attached hydrogens (tertiary/aromatic N) is 3. The number of pyridine rings is 1. The summed E-state index contributed by atoms with van der Waals surface area (Å²) in [5.74, 6) is -2.22. The number of hydrogen-bond acceptors (Lipinski definition) is 5. The first kappa shape index (κ1) is 19.7. The molecule has 1 aliphatic heterocycles.